The summed E-state index contributed by atoms with van der Waals surface area (Å²) in [5, 5.41) is 0. The third-order valence-corrected chi connectivity index (χ3v) is 2.44. The van der Waals surface area contributed by atoms with Crippen molar-refractivity contribution in [2.75, 3.05) is 0 Å². The first-order valence-electron chi connectivity index (χ1n) is 3.47. The molecule has 0 N–H and O–H groups in total. The molecule has 1 aliphatic heterocycles. The zero-order valence-electron chi connectivity index (χ0n) is 6.07. The van der Waals surface area contributed by atoms with Gasteiger partial charge in [0.15, 0.2) is 5.82 Å². The normalized spacial score (nSPS) is 19.2. The van der Waals surface area contributed by atoms with Crippen molar-refractivity contribution in [3.05, 3.63) is 22.3 Å². The SMILES string of the molecule is O=C[C@H]1C=Nc2nccc(Br)c21. The molecule has 0 saturated heterocycles. The summed E-state index contributed by atoms with van der Waals surface area (Å²) in [4.78, 5) is 18.6. The standard InChI is InChI=1S/C8H5BrN2O/c9-6-1-2-10-8-7(6)5(4-12)3-11-8/h1-5H/t5-/m1/s1. The van der Waals surface area contributed by atoms with Crippen LogP contribution in [-0.4, -0.2) is 17.5 Å². The van der Waals surface area contributed by atoms with Gasteiger partial charge in [0, 0.05) is 22.4 Å². The summed E-state index contributed by atoms with van der Waals surface area (Å²) in [6, 6.07) is 1.81. The highest BCUT2D eigenvalue weighted by atomic mass is 79.9. The Balaban J connectivity index is 2.61. The fourth-order valence-electron chi connectivity index (χ4n) is 1.18. The van der Waals surface area contributed by atoms with Gasteiger partial charge in [-0.25, -0.2) is 9.98 Å². The molecule has 0 bridgehead atoms. The topological polar surface area (TPSA) is 42.3 Å². The van der Waals surface area contributed by atoms with Crippen LogP contribution in [0.3, 0.4) is 0 Å². The van der Waals surface area contributed by atoms with Crippen LogP contribution in [0.1, 0.15) is 11.5 Å². The van der Waals surface area contributed by atoms with Crippen molar-refractivity contribution in [1.29, 1.82) is 0 Å². The molecule has 1 aromatic rings. The van der Waals surface area contributed by atoms with Gasteiger partial charge in [-0.3, -0.25) is 0 Å². The molecule has 1 aromatic heterocycles. The van der Waals surface area contributed by atoms with E-state index >= 15 is 0 Å². The quantitative estimate of drug-likeness (QED) is 0.684. The smallest absolute Gasteiger partial charge is 0.156 e. The van der Waals surface area contributed by atoms with Crippen molar-refractivity contribution in [3.8, 4) is 0 Å². The van der Waals surface area contributed by atoms with Crippen molar-refractivity contribution in [2.45, 2.75) is 5.92 Å². The Morgan fingerprint density at radius 1 is 1.58 bits per heavy atom. The van der Waals surface area contributed by atoms with Crippen LogP contribution in [-0.2, 0) is 4.79 Å². The number of aliphatic imine (C=N–C) groups is 1. The third-order valence-electron chi connectivity index (χ3n) is 1.75. The molecule has 3 nitrogen and oxygen atoms in total. The van der Waals surface area contributed by atoms with E-state index in [2.05, 4.69) is 25.9 Å². The van der Waals surface area contributed by atoms with E-state index in [1.54, 1.807) is 12.4 Å². The highest BCUT2D eigenvalue weighted by Gasteiger charge is 2.21. The Morgan fingerprint density at radius 2 is 2.42 bits per heavy atom. The predicted octanol–water partition coefficient (Wildman–Crippen LogP) is 1.84. The Hall–Kier alpha value is -1.03. The largest absolute Gasteiger partial charge is 0.302 e. The number of rotatable bonds is 1. The number of pyridine rings is 1. The molecule has 2 heterocycles. The third kappa shape index (κ3) is 0.992. The zero-order valence-corrected chi connectivity index (χ0v) is 7.65. The van der Waals surface area contributed by atoms with Crippen molar-refractivity contribution in [1.82, 2.24) is 4.98 Å². The Morgan fingerprint density at radius 3 is 3.17 bits per heavy atom. The first-order valence-corrected chi connectivity index (χ1v) is 4.26. The van der Waals surface area contributed by atoms with E-state index < -0.39 is 0 Å². The minimum atomic E-state index is -0.233. The maximum atomic E-state index is 10.6. The number of carbonyl (C=O) groups is 1. The fourth-order valence-corrected chi connectivity index (χ4v) is 1.74. The average molecular weight is 225 g/mol. The van der Waals surface area contributed by atoms with Gasteiger partial charge in [-0.05, 0) is 6.07 Å². The minimum absolute atomic E-state index is 0.233. The van der Waals surface area contributed by atoms with E-state index in [0.29, 0.717) is 5.82 Å². The molecule has 0 unspecified atom stereocenters. The highest BCUT2D eigenvalue weighted by Crippen LogP contribution is 2.34. The summed E-state index contributed by atoms with van der Waals surface area (Å²) in [5.41, 5.74) is 0.868. The monoisotopic (exact) mass is 224 g/mol. The molecule has 4 heteroatoms. The molecule has 0 saturated carbocycles. The van der Waals surface area contributed by atoms with Crippen molar-refractivity contribution in [2.24, 2.45) is 4.99 Å². The maximum absolute atomic E-state index is 10.6. The summed E-state index contributed by atoms with van der Waals surface area (Å²) < 4.78 is 0.891. The lowest BCUT2D eigenvalue weighted by molar-refractivity contribution is -0.107. The van der Waals surface area contributed by atoms with E-state index in [-0.39, 0.29) is 5.92 Å². The molecule has 2 rings (SSSR count). The van der Waals surface area contributed by atoms with Crippen LogP contribution in [0.4, 0.5) is 5.82 Å². The number of hydrogen-bond acceptors (Lipinski definition) is 3. The number of hydrogen-bond donors (Lipinski definition) is 0. The van der Waals surface area contributed by atoms with E-state index in [4.69, 9.17) is 0 Å². The fraction of sp³-hybridized carbons (Fsp3) is 0.125. The minimum Gasteiger partial charge on any atom is -0.302 e. The molecular formula is C8H5BrN2O. The van der Waals surface area contributed by atoms with Crippen LogP contribution >= 0.6 is 15.9 Å². The number of fused-ring (bicyclic) bond motifs is 1. The van der Waals surface area contributed by atoms with Gasteiger partial charge in [-0.1, -0.05) is 15.9 Å². The van der Waals surface area contributed by atoms with Crippen LogP contribution < -0.4 is 0 Å². The van der Waals surface area contributed by atoms with Crippen LogP contribution in [0.2, 0.25) is 0 Å². The molecule has 0 spiro atoms. The second kappa shape index (κ2) is 2.79. The molecule has 60 valence electrons. The lowest BCUT2D eigenvalue weighted by Crippen LogP contribution is -1.97. The number of nitrogens with zero attached hydrogens (tertiary/aromatic N) is 2. The average Bonchev–Trinajstić information content (AvgIpc) is 2.49. The Bertz CT molecular complexity index is 362. The van der Waals surface area contributed by atoms with Gasteiger partial charge in [0.25, 0.3) is 0 Å². The molecule has 1 aliphatic rings. The van der Waals surface area contributed by atoms with Crippen molar-refractivity contribution >= 4 is 34.2 Å². The molecule has 0 radical (unpaired) electrons. The van der Waals surface area contributed by atoms with Gasteiger partial charge in [0.2, 0.25) is 0 Å². The molecule has 0 fully saturated rings. The van der Waals surface area contributed by atoms with Crippen LogP contribution in [0.25, 0.3) is 0 Å². The van der Waals surface area contributed by atoms with E-state index in [1.165, 1.54) is 0 Å². The van der Waals surface area contributed by atoms with Gasteiger partial charge in [-0.15, -0.1) is 0 Å². The predicted molar refractivity (Wildman–Crippen MR) is 48.9 cm³/mol. The second-order valence-corrected chi connectivity index (χ2v) is 3.32. The van der Waals surface area contributed by atoms with Gasteiger partial charge >= 0.3 is 0 Å². The lowest BCUT2D eigenvalue weighted by atomic mass is 10.1. The highest BCUT2D eigenvalue weighted by molar-refractivity contribution is 9.10. The van der Waals surface area contributed by atoms with Gasteiger partial charge in [-0.2, -0.15) is 0 Å². The van der Waals surface area contributed by atoms with Crippen molar-refractivity contribution < 1.29 is 4.79 Å². The molecule has 0 amide bonds. The van der Waals surface area contributed by atoms with Crippen molar-refractivity contribution in [3.63, 3.8) is 0 Å². The molecular weight excluding hydrogens is 220 g/mol. The lowest BCUT2D eigenvalue weighted by Gasteiger charge is -2.02. The first kappa shape index (κ1) is 7.61. The van der Waals surface area contributed by atoms with Gasteiger partial charge in [0.05, 0.1) is 5.92 Å². The summed E-state index contributed by atoms with van der Waals surface area (Å²) >= 11 is 3.35. The van der Waals surface area contributed by atoms with Crippen LogP contribution in [0, 0.1) is 0 Å². The van der Waals surface area contributed by atoms with E-state index in [1.807, 2.05) is 6.07 Å². The maximum Gasteiger partial charge on any atom is 0.156 e. The van der Waals surface area contributed by atoms with Crippen LogP contribution in [0.5, 0.6) is 0 Å². The van der Waals surface area contributed by atoms with Crippen LogP contribution in [0.15, 0.2) is 21.7 Å². The summed E-state index contributed by atoms with van der Waals surface area (Å²) in [7, 11) is 0. The molecule has 12 heavy (non-hydrogen) atoms. The first-order chi connectivity index (χ1) is 5.83. The summed E-state index contributed by atoms with van der Waals surface area (Å²) in [5.74, 6) is 0.407. The Kier molecular flexibility index (Phi) is 1.77. The van der Waals surface area contributed by atoms with E-state index in [9.17, 15) is 4.79 Å². The Labute approximate surface area is 77.7 Å². The number of halogens is 1. The summed E-state index contributed by atoms with van der Waals surface area (Å²) in [6.07, 6.45) is 4.13. The summed E-state index contributed by atoms with van der Waals surface area (Å²) in [6.45, 7) is 0. The zero-order chi connectivity index (χ0) is 8.55. The number of aldehydes is 1. The molecule has 1 atom stereocenters. The van der Waals surface area contributed by atoms with Gasteiger partial charge in [0.1, 0.15) is 6.29 Å². The number of carbonyl (C=O) groups excluding carboxylic acids is 1. The molecule has 0 aliphatic carbocycles. The number of aromatic nitrogens is 1. The second-order valence-electron chi connectivity index (χ2n) is 2.47. The van der Waals surface area contributed by atoms with E-state index in [0.717, 1.165) is 16.3 Å². The van der Waals surface area contributed by atoms with Gasteiger partial charge < -0.3 is 4.79 Å². The molecule has 0 aromatic carbocycles.